The summed E-state index contributed by atoms with van der Waals surface area (Å²) in [6, 6.07) is 28.3. The molecular formula is C25H16N2O3. The van der Waals surface area contributed by atoms with Crippen LogP contribution in [0.3, 0.4) is 0 Å². The Morgan fingerprint density at radius 2 is 1.33 bits per heavy atom. The Morgan fingerprint density at radius 3 is 1.93 bits per heavy atom. The number of hydrogen-bond donors (Lipinski definition) is 0. The first kappa shape index (κ1) is 17.8. The first-order valence-electron chi connectivity index (χ1n) is 9.46. The number of nitrogens with zero attached hydrogens (tertiary/aromatic N) is 2. The average Bonchev–Trinajstić information content (AvgIpc) is 3.35. The molecular weight excluding hydrogens is 376 g/mol. The third-order valence-corrected chi connectivity index (χ3v) is 4.66. The van der Waals surface area contributed by atoms with Crippen LogP contribution in [0, 0.1) is 0 Å². The van der Waals surface area contributed by atoms with Gasteiger partial charge in [0.15, 0.2) is 0 Å². The zero-order valence-corrected chi connectivity index (χ0v) is 15.9. The van der Waals surface area contributed by atoms with Crippen molar-refractivity contribution in [1.29, 1.82) is 0 Å². The highest BCUT2D eigenvalue weighted by atomic mass is 16.5. The van der Waals surface area contributed by atoms with Crippen LogP contribution >= 0.6 is 0 Å². The zero-order valence-electron chi connectivity index (χ0n) is 15.9. The maximum Gasteiger partial charge on any atom is 0.379 e. The molecule has 5 nitrogen and oxygen atoms in total. The number of carbonyl (C=O) groups is 1. The summed E-state index contributed by atoms with van der Waals surface area (Å²) < 4.78 is 10.5. The quantitative estimate of drug-likeness (QED) is 0.287. The van der Waals surface area contributed by atoms with Crippen LogP contribution in [0.25, 0.3) is 33.5 Å². The molecule has 0 aliphatic heterocycles. The van der Waals surface area contributed by atoms with E-state index in [9.17, 15) is 4.79 Å². The molecule has 0 atom stereocenters. The molecule has 0 spiro atoms. The summed E-state index contributed by atoms with van der Waals surface area (Å²) in [5.41, 5.74) is 4.87. The van der Waals surface area contributed by atoms with E-state index in [1.165, 1.54) is 6.26 Å². The van der Waals surface area contributed by atoms with Gasteiger partial charge in [0.1, 0.15) is 5.75 Å². The molecule has 5 rings (SSSR count). The van der Waals surface area contributed by atoms with Crippen LogP contribution in [-0.4, -0.2) is 15.9 Å². The lowest BCUT2D eigenvalue weighted by Crippen LogP contribution is -2.07. The molecule has 5 aromatic rings. The van der Waals surface area contributed by atoms with E-state index in [-0.39, 0.29) is 5.76 Å². The third-order valence-electron chi connectivity index (χ3n) is 4.66. The molecule has 2 heterocycles. The number of benzene rings is 3. The van der Waals surface area contributed by atoms with E-state index in [0.717, 1.165) is 22.5 Å². The predicted octanol–water partition coefficient (Wildman–Crippen LogP) is 5.78. The van der Waals surface area contributed by atoms with Gasteiger partial charge in [0, 0.05) is 17.2 Å². The van der Waals surface area contributed by atoms with Crippen LogP contribution in [0.4, 0.5) is 0 Å². The summed E-state index contributed by atoms with van der Waals surface area (Å²) in [6.07, 6.45) is 1.43. The van der Waals surface area contributed by atoms with E-state index in [0.29, 0.717) is 16.8 Å². The molecule has 0 saturated heterocycles. The molecule has 5 heteroatoms. The molecule has 3 aromatic carbocycles. The van der Waals surface area contributed by atoms with Crippen molar-refractivity contribution >= 4 is 17.0 Å². The fourth-order valence-corrected chi connectivity index (χ4v) is 3.24. The van der Waals surface area contributed by atoms with Crippen molar-refractivity contribution in [2.75, 3.05) is 0 Å². The van der Waals surface area contributed by atoms with E-state index in [1.807, 2.05) is 60.7 Å². The molecule has 0 aliphatic rings. The van der Waals surface area contributed by atoms with Crippen LogP contribution in [0.15, 0.2) is 102 Å². The molecule has 0 unspecified atom stereocenters. The van der Waals surface area contributed by atoms with Gasteiger partial charge in [-0.05, 0) is 24.3 Å². The molecule has 0 aliphatic carbocycles. The largest absolute Gasteiger partial charge is 0.457 e. The van der Waals surface area contributed by atoms with Crippen molar-refractivity contribution in [3.8, 4) is 28.3 Å². The van der Waals surface area contributed by atoms with E-state index < -0.39 is 5.97 Å². The Hall–Kier alpha value is -4.25. The predicted molar refractivity (Wildman–Crippen MR) is 114 cm³/mol. The van der Waals surface area contributed by atoms with Gasteiger partial charge in [0.2, 0.25) is 5.76 Å². The smallest absolute Gasteiger partial charge is 0.379 e. The molecule has 144 valence electrons. The number of carbonyl (C=O) groups excluding carboxylic acids is 1. The molecule has 0 saturated carbocycles. The highest BCUT2D eigenvalue weighted by Gasteiger charge is 2.15. The minimum atomic E-state index is -0.559. The number of furan rings is 1. The maximum absolute atomic E-state index is 12.2. The van der Waals surface area contributed by atoms with Crippen LogP contribution in [0.1, 0.15) is 10.6 Å². The van der Waals surface area contributed by atoms with Crippen molar-refractivity contribution < 1.29 is 13.9 Å². The minimum absolute atomic E-state index is 0.144. The minimum Gasteiger partial charge on any atom is -0.457 e. The van der Waals surface area contributed by atoms with Gasteiger partial charge in [-0.2, -0.15) is 0 Å². The standard InChI is InChI=1S/C25H16N2O3/c28-25(22-12-7-15-29-22)30-19-13-14-20-21(16-19)27-24(18-10-5-2-6-11-18)23(26-20)17-8-3-1-4-9-17/h1-16H. The molecule has 0 amide bonds. The van der Waals surface area contributed by atoms with Gasteiger partial charge >= 0.3 is 5.97 Å². The number of fused-ring (bicyclic) bond motifs is 1. The molecule has 2 aromatic heterocycles. The van der Waals surface area contributed by atoms with Crippen LogP contribution in [0.2, 0.25) is 0 Å². The molecule has 30 heavy (non-hydrogen) atoms. The topological polar surface area (TPSA) is 65.2 Å². The highest BCUT2D eigenvalue weighted by Crippen LogP contribution is 2.31. The van der Waals surface area contributed by atoms with Gasteiger partial charge < -0.3 is 9.15 Å². The Labute approximate surface area is 172 Å². The second kappa shape index (κ2) is 7.64. The van der Waals surface area contributed by atoms with Gasteiger partial charge in [-0.15, -0.1) is 0 Å². The first-order valence-corrected chi connectivity index (χ1v) is 9.46. The average molecular weight is 392 g/mol. The Morgan fingerprint density at radius 1 is 0.700 bits per heavy atom. The lowest BCUT2D eigenvalue weighted by Gasteiger charge is -2.11. The van der Waals surface area contributed by atoms with Crippen LogP contribution < -0.4 is 4.74 Å². The number of hydrogen-bond acceptors (Lipinski definition) is 5. The van der Waals surface area contributed by atoms with Crippen molar-refractivity contribution in [2.45, 2.75) is 0 Å². The number of aromatic nitrogens is 2. The van der Waals surface area contributed by atoms with E-state index in [4.69, 9.17) is 19.1 Å². The van der Waals surface area contributed by atoms with Crippen molar-refractivity contribution in [1.82, 2.24) is 9.97 Å². The summed E-state index contributed by atoms with van der Waals surface area (Å²) in [4.78, 5) is 21.9. The van der Waals surface area contributed by atoms with Crippen molar-refractivity contribution in [2.24, 2.45) is 0 Å². The molecule has 0 radical (unpaired) electrons. The highest BCUT2D eigenvalue weighted by molar-refractivity contribution is 5.90. The Kier molecular flexibility index (Phi) is 4.54. The van der Waals surface area contributed by atoms with Gasteiger partial charge in [-0.25, -0.2) is 14.8 Å². The van der Waals surface area contributed by atoms with Gasteiger partial charge in [0.25, 0.3) is 0 Å². The van der Waals surface area contributed by atoms with Gasteiger partial charge in [-0.3, -0.25) is 0 Å². The zero-order chi connectivity index (χ0) is 20.3. The molecule has 0 N–H and O–H groups in total. The summed E-state index contributed by atoms with van der Waals surface area (Å²) in [5.74, 6) is -0.0354. The SMILES string of the molecule is O=C(Oc1ccc2nc(-c3ccccc3)c(-c3ccccc3)nc2c1)c1ccco1. The first-order chi connectivity index (χ1) is 14.8. The fraction of sp³-hybridized carbons (Fsp3) is 0. The van der Waals surface area contributed by atoms with E-state index >= 15 is 0 Å². The summed E-state index contributed by atoms with van der Waals surface area (Å²) >= 11 is 0. The van der Waals surface area contributed by atoms with E-state index in [2.05, 4.69) is 0 Å². The van der Waals surface area contributed by atoms with Gasteiger partial charge in [0.05, 0.1) is 28.7 Å². The maximum atomic E-state index is 12.2. The number of esters is 1. The monoisotopic (exact) mass is 392 g/mol. The summed E-state index contributed by atoms with van der Waals surface area (Å²) in [5, 5.41) is 0. The van der Waals surface area contributed by atoms with E-state index in [1.54, 1.807) is 30.3 Å². The lowest BCUT2D eigenvalue weighted by molar-refractivity contribution is 0.0701. The normalized spacial score (nSPS) is 10.8. The van der Waals surface area contributed by atoms with Crippen LogP contribution in [0.5, 0.6) is 5.75 Å². The Bertz CT molecular complexity index is 1320. The lowest BCUT2D eigenvalue weighted by atomic mass is 10.0. The Balaban J connectivity index is 1.62. The summed E-state index contributed by atoms with van der Waals surface area (Å²) in [7, 11) is 0. The molecule has 0 bridgehead atoms. The summed E-state index contributed by atoms with van der Waals surface area (Å²) in [6.45, 7) is 0. The van der Waals surface area contributed by atoms with Crippen molar-refractivity contribution in [3.05, 3.63) is 103 Å². The van der Waals surface area contributed by atoms with Crippen LogP contribution in [-0.2, 0) is 0 Å². The molecule has 0 fully saturated rings. The second-order valence-electron chi connectivity index (χ2n) is 6.67. The van der Waals surface area contributed by atoms with Crippen molar-refractivity contribution in [3.63, 3.8) is 0 Å². The fourth-order valence-electron chi connectivity index (χ4n) is 3.24. The third kappa shape index (κ3) is 3.44. The number of rotatable bonds is 4. The van der Waals surface area contributed by atoms with Gasteiger partial charge in [-0.1, -0.05) is 60.7 Å². The second-order valence-corrected chi connectivity index (χ2v) is 6.67. The number of ether oxygens (including phenoxy) is 1.